The Morgan fingerprint density at radius 3 is 2.94 bits per heavy atom. The molecule has 2 N–H and O–H groups in total. The maximum atomic E-state index is 11.7. The molecule has 2 rings (SSSR count). The van der Waals surface area contributed by atoms with Gasteiger partial charge in [0.25, 0.3) is 0 Å². The fourth-order valence-electron chi connectivity index (χ4n) is 2.29. The number of nitrogens with one attached hydrogen (secondary N) is 2. The second-order valence-corrected chi connectivity index (χ2v) is 5.89. The van der Waals surface area contributed by atoms with Crippen LogP contribution in [0.1, 0.15) is 50.0 Å². The Labute approximate surface area is 112 Å². The average Bonchev–Trinajstić information content (AvgIpc) is 2.91. The van der Waals surface area contributed by atoms with E-state index in [-0.39, 0.29) is 11.9 Å². The third kappa shape index (κ3) is 3.98. The molecule has 4 nitrogen and oxygen atoms in total. The number of urea groups is 1. The van der Waals surface area contributed by atoms with Gasteiger partial charge in [-0.1, -0.05) is 26.2 Å². The molecule has 1 atom stereocenters. The van der Waals surface area contributed by atoms with Crippen molar-refractivity contribution in [1.82, 2.24) is 15.6 Å². The highest BCUT2D eigenvalue weighted by Gasteiger charge is 2.16. The van der Waals surface area contributed by atoms with E-state index in [1.807, 2.05) is 5.38 Å². The lowest BCUT2D eigenvalue weighted by Gasteiger charge is -2.23. The molecule has 1 aromatic heterocycles. The van der Waals surface area contributed by atoms with E-state index in [4.69, 9.17) is 0 Å². The van der Waals surface area contributed by atoms with E-state index in [0.29, 0.717) is 12.6 Å². The minimum Gasteiger partial charge on any atom is -0.337 e. The van der Waals surface area contributed by atoms with Crippen LogP contribution in [0.4, 0.5) is 4.79 Å². The standard InChI is InChI=1S/C13H21N3OS/c1-10(12-14-7-8-18-12)9-15-13(17)16-11-5-3-2-4-6-11/h7-8,10-11H,2-6,9H2,1H3,(H2,15,16,17). The summed E-state index contributed by atoms with van der Waals surface area (Å²) in [4.78, 5) is 16.0. The van der Waals surface area contributed by atoms with Crippen LogP contribution in [-0.4, -0.2) is 23.6 Å². The monoisotopic (exact) mass is 267 g/mol. The van der Waals surface area contributed by atoms with Gasteiger partial charge in [0.15, 0.2) is 0 Å². The maximum absolute atomic E-state index is 11.7. The van der Waals surface area contributed by atoms with Gasteiger partial charge in [0.1, 0.15) is 0 Å². The number of aromatic nitrogens is 1. The molecule has 1 saturated carbocycles. The highest BCUT2D eigenvalue weighted by Crippen LogP contribution is 2.18. The Morgan fingerprint density at radius 1 is 1.50 bits per heavy atom. The predicted molar refractivity (Wildman–Crippen MR) is 73.9 cm³/mol. The fraction of sp³-hybridized carbons (Fsp3) is 0.692. The zero-order chi connectivity index (χ0) is 12.8. The van der Waals surface area contributed by atoms with Crippen molar-refractivity contribution in [3.05, 3.63) is 16.6 Å². The Bertz CT molecular complexity index is 360. The SMILES string of the molecule is CC(CNC(=O)NC1CCCCC1)c1nccs1. The molecule has 1 fully saturated rings. The van der Waals surface area contributed by atoms with Crippen molar-refractivity contribution in [2.24, 2.45) is 0 Å². The van der Waals surface area contributed by atoms with E-state index in [2.05, 4.69) is 22.5 Å². The van der Waals surface area contributed by atoms with Crippen molar-refractivity contribution in [2.45, 2.75) is 51.0 Å². The lowest BCUT2D eigenvalue weighted by Crippen LogP contribution is -2.43. The zero-order valence-electron chi connectivity index (χ0n) is 10.8. The largest absolute Gasteiger partial charge is 0.337 e. The van der Waals surface area contributed by atoms with Crippen LogP contribution in [-0.2, 0) is 0 Å². The molecular formula is C13H21N3OS. The van der Waals surface area contributed by atoms with Crippen LogP contribution in [0, 0.1) is 0 Å². The molecular weight excluding hydrogens is 246 g/mol. The molecule has 1 aromatic rings. The van der Waals surface area contributed by atoms with Crippen LogP contribution >= 0.6 is 11.3 Å². The lowest BCUT2D eigenvalue weighted by atomic mass is 9.96. The van der Waals surface area contributed by atoms with Gasteiger partial charge in [0, 0.05) is 30.1 Å². The minimum atomic E-state index is -0.0368. The molecule has 100 valence electrons. The Balaban J connectivity index is 1.68. The molecule has 0 aliphatic heterocycles. The van der Waals surface area contributed by atoms with E-state index in [1.54, 1.807) is 17.5 Å². The first kappa shape index (κ1) is 13.3. The topological polar surface area (TPSA) is 54.0 Å². The smallest absolute Gasteiger partial charge is 0.315 e. The summed E-state index contributed by atoms with van der Waals surface area (Å²) in [5.41, 5.74) is 0. The third-order valence-corrected chi connectivity index (χ3v) is 4.39. The van der Waals surface area contributed by atoms with Gasteiger partial charge >= 0.3 is 6.03 Å². The molecule has 0 spiro atoms. The van der Waals surface area contributed by atoms with Crippen LogP contribution in [0.25, 0.3) is 0 Å². The molecule has 5 heteroatoms. The second-order valence-electron chi connectivity index (χ2n) is 4.96. The van der Waals surface area contributed by atoms with Crippen LogP contribution in [0.2, 0.25) is 0 Å². The van der Waals surface area contributed by atoms with Gasteiger partial charge < -0.3 is 10.6 Å². The summed E-state index contributed by atoms with van der Waals surface area (Å²) < 4.78 is 0. The highest BCUT2D eigenvalue weighted by atomic mass is 32.1. The van der Waals surface area contributed by atoms with Crippen molar-refractivity contribution in [2.75, 3.05) is 6.54 Å². The number of nitrogens with zero attached hydrogens (tertiary/aromatic N) is 1. The van der Waals surface area contributed by atoms with Crippen LogP contribution in [0.5, 0.6) is 0 Å². The summed E-state index contributed by atoms with van der Waals surface area (Å²) in [6, 6.07) is 0.333. The molecule has 1 aliphatic rings. The zero-order valence-corrected chi connectivity index (χ0v) is 11.6. The number of rotatable bonds is 4. The first-order valence-electron chi connectivity index (χ1n) is 6.69. The third-order valence-electron chi connectivity index (χ3n) is 3.38. The molecule has 0 saturated heterocycles. The lowest BCUT2D eigenvalue weighted by molar-refractivity contribution is 0.232. The summed E-state index contributed by atoms with van der Waals surface area (Å²) >= 11 is 1.64. The number of thiazole rings is 1. The maximum Gasteiger partial charge on any atom is 0.315 e. The number of hydrogen-bond donors (Lipinski definition) is 2. The van der Waals surface area contributed by atoms with E-state index >= 15 is 0 Å². The quantitative estimate of drug-likeness (QED) is 0.881. The van der Waals surface area contributed by atoms with Crippen molar-refractivity contribution < 1.29 is 4.79 Å². The van der Waals surface area contributed by atoms with Gasteiger partial charge in [0.05, 0.1) is 5.01 Å². The Kier molecular flexibility index (Phi) is 4.99. The van der Waals surface area contributed by atoms with Gasteiger partial charge in [-0.15, -0.1) is 11.3 Å². The van der Waals surface area contributed by atoms with E-state index in [1.165, 1.54) is 19.3 Å². The van der Waals surface area contributed by atoms with Crippen molar-refractivity contribution in [3.8, 4) is 0 Å². The molecule has 18 heavy (non-hydrogen) atoms. The molecule has 2 amide bonds. The van der Waals surface area contributed by atoms with Gasteiger partial charge in [-0.3, -0.25) is 0 Å². The van der Waals surface area contributed by atoms with Gasteiger partial charge in [-0.25, -0.2) is 9.78 Å². The normalized spacial score (nSPS) is 18.3. The summed E-state index contributed by atoms with van der Waals surface area (Å²) in [6.07, 6.45) is 7.82. The number of hydrogen-bond acceptors (Lipinski definition) is 3. The molecule has 0 radical (unpaired) electrons. The van der Waals surface area contributed by atoms with E-state index < -0.39 is 0 Å². The van der Waals surface area contributed by atoms with Gasteiger partial charge in [0.2, 0.25) is 0 Å². The molecule has 1 heterocycles. The van der Waals surface area contributed by atoms with Gasteiger partial charge in [-0.05, 0) is 12.8 Å². The molecule has 1 unspecified atom stereocenters. The summed E-state index contributed by atoms with van der Waals surface area (Å²) in [5.74, 6) is 0.280. The van der Waals surface area contributed by atoms with Crippen LogP contribution in [0.15, 0.2) is 11.6 Å². The van der Waals surface area contributed by atoms with E-state index in [9.17, 15) is 4.79 Å². The van der Waals surface area contributed by atoms with Crippen LogP contribution in [0.3, 0.4) is 0 Å². The first-order chi connectivity index (χ1) is 8.75. The summed E-state index contributed by atoms with van der Waals surface area (Å²) in [5, 5.41) is 9.03. The number of carbonyl (C=O) groups is 1. The summed E-state index contributed by atoms with van der Waals surface area (Å²) in [7, 11) is 0. The highest BCUT2D eigenvalue weighted by molar-refractivity contribution is 7.09. The van der Waals surface area contributed by atoms with Crippen molar-refractivity contribution in [1.29, 1.82) is 0 Å². The average molecular weight is 267 g/mol. The van der Waals surface area contributed by atoms with Crippen LogP contribution < -0.4 is 10.6 Å². The Morgan fingerprint density at radius 2 is 2.28 bits per heavy atom. The van der Waals surface area contributed by atoms with E-state index in [0.717, 1.165) is 17.8 Å². The molecule has 0 aromatic carbocycles. The molecule has 1 aliphatic carbocycles. The van der Waals surface area contributed by atoms with Crippen molar-refractivity contribution in [3.63, 3.8) is 0 Å². The second kappa shape index (κ2) is 6.73. The van der Waals surface area contributed by atoms with Crippen molar-refractivity contribution >= 4 is 17.4 Å². The molecule has 0 bridgehead atoms. The number of amides is 2. The summed E-state index contributed by atoms with van der Waals surface area (Å²) in [6.45, 7) is 2.73. The Hall–Kier alpha value is -1.10. The van der Waals surface area contributed by atoms with Gasteiger partial charge in [-0.2, -0.15) is 0 Å². The first-order valence-corrected chi connectivity index (χ1v) is 7.57. The fourth-order valence-corrected chi connectivity index (χ4v) is 2.99. The number of carbonyl (C=O) groups excluding carboxylic acids is 1. The minimum absolute atomic E-state index is 0.0368. The predicted octanol–water partition coefficient (Wildman–Crippen LogP) is 2.88.